The summed E-state index contributed by atoms with van der Waals surface area (Å²) in [7, 11) is 0. The summed E-state index contributed by atoms with van der Waals surface area (Å²) in [5, 5.41) is 2.98. The number of nitrogens with zero attached hydrogens (tertiary/aromatic N) is 2. The molecule has 3 aromatic rings. The van der Waals surface area contributed by atoms with Crippen LogP contribution in [0, 0.1) is 5.92 Å². The summed E-state index contributed by atoms with van der Waals surface area (Å²) < 4.78 is 5.10. The van der Waals surface area contributed by atoms with Crippen LogP contribution >= 0.6 is 0 Å². The number of anilines is 1. The number of amidine groups is 1. The van der Waals surface area contributed by atoms with Crippen LogP contribution in [0.3, 0.4) is 0 Å². The van der Waals surface area contributed by atoms with Gasteiger partial charge < -0.3 is 15.8 Å². The van der Waals surface area contributed by atoms with Gasteiger partial charge in [0, 0.05) is 35.6 Å². The zero-order chi connectivity index (χ0) is 24.6. The summed E-state index contributed by atoms with van der Waals surface area (Å²) in [5.74, 6) is 0.353. The fraction of sp³-hybridized carbons (Fsp3) is 0.286. The minimum Gasteiger partial charge on any atom is -0.466 e. The van der Waals surface area contributed by atoms with E-state index in [4.69, 9.17) is 10.5 Å². The predicted molar refractivity (Wildman–Crippen MR) is 136 cm³/mol. The Kier molecular flexibility index (Phi) is 7.88. The lowest BCUT2D eigenvalue weighted by Crippen LogP contribution is -2.19. The number of carbonyl (C=O) groups excluding carboxylic acids is 2. The normalized spacial score (nSPS) is 15.2. The number of fused-ring (bicyclic) bond motifs is 1. The van der Waals surface area contributed by atoms with Crippen molar-refractivity contribution in [3.8, 4) is 0 Å². The van der Waals surface area contributed by atoms with E-state index in [0.717, 1.165) is 36.1 Å². The highest BCUT2D eigenvalue weighted by molar-refractivity contribution is 6.05. The highest BCUT2D eigenvalue weighted by atomic mass is 16.5. The first-order valence-electron chi connectivity index (χ1n) is 11.9. The van der Waals surface area contributed by atoms with Crippen molar-refractivity contribution in [1.29, 1.82) is 0 Å². The molecule has 7 nitrogen and oxygen atoms in total. The van der Waals surface area contributed by atoms with E-state index in [1.54, 1.807) is 36.7 Å². The molecule has 0 saturated heterocycles. The third-order valence-electron chi connectivity index (χ3n) is 6.18. The average Bonchev–Trinajstić information content (AvgIpc) is 2.88. The van der Waals surface area contributed by atoms with Crippen LogP contribution in [0.25, 0.3) is 0 Å². The quantitative estimate of drug-likeness (QED) is 0.290. The van der Waals surface area contributed by atoms with Gasteiger partial charge >= 0.3 is 5.97 Å². The third kappa shape index (κ3) is 6.53. The largest absolute Gasteiger partial charge is 0.466 e. The van der Waals surface area contributed by atoms with Crippen molar-refractivity contribution in [2.24, 2.45) is 16.6 Å². The summed E-state index contributed by atoms with van der Waals surface area (Å²) in [6.45, 7) is 2.70. The first-order chi connectivity index (χ1) is 17.0. The molecule has 1 atom stereocenters. The molecule has 3 N–H and O–H groups in total. The van der Waals surface area contributed by atoms with Gasteiger partial charge in [0.2, 0.25) is 0 Å². The summed E-state index contributed by atoms with van der Waals surface area (Å²) in [5.41, 5.74) is 11.6. The number of nitrogens with one attached hydrogen (secondary N) is 1. The lowest BCUT2D eigenvalue weighted by Gasteiger charge is -2.24. The van der Waals surface area contributed by atoms with Gasteiger partial charge in [0.1, 0.15) is 5.84 Å². The highest BCUT2D eigenvalue weighted by Crippen LogP contribution is 2.30. The van der Waals surface area contributed by atoms with Gasteiger partial charge in [-0.05, 0) is 85.2 Å². The van der Waals surface area contributed by atoms with Gasteiger partial charge in [-0.15, -0.1) is 0 Å². The van der Waals surface area contributed by atoms with Gasteiger partial charge in [0.25, 0.3) is 5.91 Å². The molecule has 0 bridgehead atoms. The van der Waals surface area contributed by atoms with Crippen molar-refractivity contribution in [2.45, 2.75) is 39.2 Å². The van der Waals surface area contributed by atoms with Crippen molar-refractivity contribution >= 4 is 23.4 Å². The van der Waals surface area contributed by atoms with Crippen molar-refractivity contribution in [3.63, 3.8) is 0 Å². The van der Waals surface area contributed by atoms with E-state index in [9.17, 15) is 9.59 Å². The Morgan fingerprint density at radius 3 is 2.54 bits per heavy atom. The number of rotatable bonds is 8. The minimum absolute atomic E-state index is 0.142. The average molecular weight is 471 g/mol. The number of ether oxygens (including phenoxy) is 1. The first kappa shape index (κ1) is 24.1. The maximum atomic E-state index is 12.8. The number of amides is 1. The molecular formula is C28H30N4O3. The standard InChI is InChI=1S/C28H30N4O3/c1-2-35-26(33)16-20-3-4-21-9-10-25(17-24(21)15-20)32-28(34)23-7-5-22(6-8-23)27(29)31-18-19-11-13-30-14-12-19/h5-14,17,20H,2-4,15-16,18H2,1H3,(H2,29,31)(H,32,34). The second-order valence-corrected chi connectivity index (χ2v) is 8.69. The molecule has 1 heterocycles. The number of nitrogens with two attached hydrogens (primary N) is 1. The number of aryl methyl sites for hydroxylation is 1. The second kappa shape index (κ2) is 11.4. The molecule has 0 radical (unpaired) electrons. The minimum atomic E-state index is -0.192. The summed E-state index contributed by atoms with van der Waals surface area (Å²) in [4.78, 5) is 33.1. The summed E-state index contributed by atoms with van der Waals surface area (Å²) >= 11 is 0. The summed E-state index contributed by atoms with van der Waals surface area (Å²) in [6.07, 6.45) is 6.59. The number of carbonyl (C=O) groups is 2. The maximum Gasteiger partial charge on any atom is 0.306 e. The Balaban J connectivity index is 1.37. The van der Waals surface area contributed by atoms with Crippen LogP contribution < -0.4 is 11.1 Å². The Morgan fingerprint density at radius 2 is 1.80 bits per heavy atom. The molecule has 7 heteroatoms. The molecule has 1 unspecified atom stereocenters. The number of hydrogen-bond acceptors (Lipinski definition) is 5. The van der Waals surface area contributed by atoms with Gasteiger partial charge in [0.15, 0.2) is 0 Å². The molecular weight excluding hydrogens is 440 g/mol. The van der Waals surface area contributed by atoms with Crippen LogP contribution in [0.15, 0.2) is 72.0 Å². The van der Waals surface area contributed by atoms with E-state index < -0.39 is 0 Å². The molecule has 0 aliphatic heterocycles. The molecule has 1 amide bonds. The topological polar surface area (TPSA) is 107 Å². The van der Waals surface area contributed by atoms with E-state index in [2.05, 4.69) is 21.4 Å². The lowest BCUT2D eigenvalue weighted by atomic mass is 9.82. The Hall–Kier alpha value is -4.00. The molecule has 0 spiro atoms. The van der Waals surface area contributed by atoms with Gasteiger partial charge in [-0.3, -0.25) is 19.6 Å². The van der Waals surface area contributed by atoms with Crippen LogP contribution in [0.1, 0.15) is 52.4 Å². The van der Waals surface area contributed by atoms with Gasteiger partial charge in [-0.25, -0.2) is 0 Å². The van der Waals surface area contributed by atoms with Crippen LogP contribution in [-0.2, 0) is 28.9 Å². The van der Waals surface area contributed by atoms with E-state index in [1.807, 2.05) is 31.2 Å². The lowest BCUT2D eigenvalue weighted by molar-refractivity contribution is -0.144. The number of pyridine rings is 1. The number of esters is 1. The molecule has 0 saturated carbocycles. The smallest absolute Gasteiger partial charge is 0.306 e. The van der Waals surface area contributed by atoms with Crippen LogP contribution in [0.5, 0.6) is 0 Å². The summed E-state index contributed by atoms with van der Waals surface area (Å²) in [6, 6.07) is 16.9. The van der Waals surface area contributed by atoms with Crippen molar-refractivity contribution in [1.82, 2.24) is 4.98 Å². The van der Waals surface area contributed by atoms with Gasteiger partial charge in [-0.2, -0.15) is 0 Å². The SMILES string of the molecule is CCOC(=O)CC1CCc2ccc(NC(=O)c3ccc(C(N)=NCc4ccncc4)cc3)cc2C1. The van der Waals surface area contributed by atoms with Gasteiger partial charge in [-0.1, -0.05) is 18.2 Å². The molecule has 1 aromatic heterocycles. The number of hydrogen-bond donors (Lipinski definition) is 2. The number of benzene rings is 2. The fourth-order valence-electron chi connectivity index (χ4n) is 4.29. The van der Waals surface area contributed by atoms with E-state index in [1.165, 1.54) is 11.1 Å². The second-order valence-electron chi connectivity index (χ2n) is 8.69. The molecule has 0 fully saturated rings. The van der Waals surface area contributed by atoms with Crippen molar-refractivity contribution in [2.75, 3.05) is 11.9 Å². The fourth-order valence-corrected chi connectivity index (χ4v) is 4.29. The maximum absolute atomic E-state index is 12.8. The third-order valence-corrected chi connectivity index (χ3v) is 6.18. The Labute approximate surface area is 205 Å². The molecule has 35 heavy (non-hydrogen) atoms. The zero-order valence-electron chi connectivity index (χ0n) is 19.9. The van der Waals surface area contributed by atoms with Crippen LogP contribution in [0.2, 0.25) is 0 Å². The predicted octanol–water partition coefficient (Wildman–Crippen LogP) is 4.30. The van der Waals surface area contributed by atoms with Gasteiger partial charge in [0.05, 0.1) is 13.2 Å². The van der Waals surface area contributed by atoms with Crippen molar-refractivity contribution in [3.05, 3.63) is 94.8 Å². The monoisotopic (exact) mass is 470 g/mol. The van der Waals surface area contributed by atoms with E-state index in [-0.39, 0.29) is 17.8 Å². The zero-order valence-corrected chi connectivity index (χ0v) is 19.9. The highest BCUT2D eigenvalue weighted by Gasteiger charge is 2.22. The Morgan fingerprint density at radius 1 is 1.06 bits per heavy atom. The van der Waals surface area contributed by atoms with E-state index >= 15 is 0 Å². The molecule has 2 aromatic carbocycles. The Bertz CT molecular complexity index is 1210. The molecule has 180 valence electrons. The van der Waals surface area contributed by atoms with Crippen LogP contribution in [0.4, 0.5) is 5.69 Å². The number of aromatic nitrogens is 1. The van der Waals surface area contributed by atoms with Crippen molar-refractivity contribution < 1.29 is 14.3 Å². The number of aliphatic imine (C=N–C) groups is 1. The van der Waals surface area contributed by atoms with Crippen LogP contribution in [-0.4, -0.2) is 29.3 Å². The molecule has 4 rings (SSSR count). The molecule has 1 aliphatic rings. The molecule has 1 aliphatic carbocycles. The van der Waals surface area contributed by atoms with E-state index in [0.29, 0.717) is 31.0 Å². The first-order valence-corrected chi connectivity index (χ1v) is 11.9.